The van der Waals surface area contributed by atoms with Crippen LogP contribution < -0.4 is 5.32 Å². The third kappa shape index (κ3) is 3.56. The molecule has 1 aromatic carbocycles. The van der Waals surface area contributed by atoms with Crippen LogP contribution in [0, 0.1) is 16.7 Å². The minimum atomic E-state index is 0.0679. The van der Waals surface area contributed by atoms with Crippen molar-refractivity contribution in [1.29, 1.82) is 0 Å². The van der Waals surface area contributed by atoms with Crippen molar-refractivity contribution in [2.75, 3.05) is 5.75 Å². The van der Waals surface area contributed by atoms with Crippen molar-refractivity contribution >= 4 is 17.7 Å². The van der Waals surface area contributed by atoms with Gasteiger partial charge in [-0.15, -0.1) is 10.2 Å². The van der Waals surface area contributed by atoms with Crippen LogP contribution in [-0.4, -0.2) is 32.5 Å². The van der Waals surface area contributed by atoms with Crippen LogP contribution >= 0.6 is 11.8 Å². The van der Waals surface area contributed by atoms with Gasteiger partial charge in [0.2, 0.25) is 11.7 Å². The standard InChI is InChI=1S/C25H30N4O2S/c1-24(2)18-11-12-25(24,3)20(14-18)26-21(30)16-32-23-28-27-22(19-10-7-13-31-19)29(23)15-17-8-5-4-6-9-17/h4-10,13,18,20H,11-12,14-16H2,1-3H3,(H,26,30). The maximum Gasteiger partial charge on any atom is 0.230 e. The second kappa shape index (κ2) is 8.10. The smallest absolute Gasteiger partial charge is 0.230 e. The normalized spacial score (nSPS) is 25.8. The molecular weight excluding hydrogens is 420 g/mol. The molecule has 168 valence electrons. The number of furan rings is 1. The van der Waals surface area contributed by atoms with Crippen molar-refractivity contribution in [3.8, 4) is 11.6 Å². The Morgan fingerprint density at radius 2 is 2.00 bits per heavy atom. The predicted molar refractivity (Wildman–Crippen MR) is 125 cm³/mol. The summed E-state index contributed by atoms with van der Waals surface area (Å²) in [6, 6.07) is 14.2. The summed E-state index contributed by atoms with van der Waals surface area (Å²) < 4.78 is 7.59. The third-order valence-electron chi connectivity index (χ3n) is 8.10. The Kier molecular flexibility index (Phi) is 5.40. The molecule has 32 heavy (non-hydrogen) atoms. The number of nitrogens with zero attached hydrogens (tertiary/aromatic N) is 3. The molecule has 0 spiro atoms. The number of rotatable bonds is 7. The second-order valence-corrected chi connectivity index (χ2v) is 10.8. The van der Waals surface area contributed by atoms with Crippen LogP contribution in [-0.2, 0) is 11.3 Å². The van der Waals surface area contributed by atoms with E-state index in [4.69, 9.17) is 4.42 Å². The minimum Gasteiger partial charge on any atom is -0.461 e. The molecule has 3 aromatic rings. The largest absolute Gasteiger partial charge is 0.461 e. The minimum absolute atomic E-state index is 0.0679. The van der Waals surface area contributed by atoms with Crippen molar-refractivity contribution in [2.45, 2.75) is 57.8 Å². The van der Waals surface area contributed by atoms with E-state index in [2.05, 4.69) is 48.4 Å². The summed E-state index contributed by atoms with van der Waals surface area (Å²) in [7, 11) is 0. The first kappa shape index (κ1) is 21.3. The van der Waals surface area contributed by atoms with Gasteiger partial charge in [0.1, 0.15) is 0 Å². The maximum atomic E-state index is 12.9. The first-order valence-electron chi connectivity index (χ1n) is 11.3. The summed E-state index contributed by atoms with van der Waals surface area (Å²) in [6.07, 6.45) is 5.20. The molecule has 1 N–H and O–H groups in total. The molecule has 2 heterocycles. The number of thioether (sulfide) groups is 1. The topological polar surface area (TPSA) is 73.0 Å². The average molecular weight is 451 g/mol. The molecule has 5 rings (SSSR count). The number of hydrogen-bond acceptors (Lipinski definition) is 5. The van der Waals surface area contributed by atoms with Crippen LogP contribution in [0.1, 0.15) is 45.6 Å². The van der Waals surface area contributed by atoms with Gasteiger partial charge in [-0.2, -0.15) is 0 Å². The Balaban J connectivity index is 1.30. The Bertz CT molecular complexity index is 1090. The number of fused-ring (bicyclic) bond motifs is 2. The van der Waals surface area contributed by atoms with E-state index in [-0.39, 0.29) is 22.8 Å². The molecule has 2 fully saturated rings. The first-order valence-corrected chi connectivity index (χ1v) is 12.3. The molecule has 6 nitrogen and oxygen atoms in total. The second-order valence-electron chi connectivity index (χ2n) is 9.87. The van der Waals surface area contributed by atoms with Crippen molar-refractivity contribution in [1.82, 2.24) is 20.1 Å². The third-order valence-corrected chi connectivity index (χ3v) is 9.07. The van der Waals surface area contributed by atoms with Crippen LogP contribution in [0.15, 0.2) is 58.3 Å². The predicted octanol–water partition coefficient (Wildman–Crippen LogP) is 5.01. The number of carbonyl (C=O) groups excluding carboxylic acids is 1. The molecule has 2 aliphatic carbocycles. The van der Waals surface area contributed by atoms with Gasteiger partial charge in [-0.1, -0.05) is 62.9 Å². The average Bonchev–Trinajstić information content (AvgIpc) is 3.51. The molecule has 2 bridgehead atoms. The monoisotopic (exact) mass is 450 g/mol. The van der Waals surface area contributed by atoms with Crippen molar-refractivity contribution in [3.63, 3.8) is 0 Å². The van der Waals surface area contributed by atoms with Gasteiger partial charge in [-0.3, -0.25) is 9.36 Å². The fraction of sp³-hybridized carbons (Fsp3) is 0.480. The summed E-state index contributed by atoms with van der Waals surface area (Å²) in [4.78, 5) is 12.9. The summed E-state index contributed by atoms with van der Waals surface area (Å²) in [5, 5.41) is 12.8. The molecule has 1 amide bonds. The lowest BCUT2D eigenvalue weighted by Crippen LogP contribution is -2.47. The molecule has 3 atom stereocenters. The van der Waals surface area contributed by atoms with Gasteiger partial charge in [0.25, 0.3) is 0 Å². The molecule has 0 saturated heterocycles. The lowest BCUT2D eigenvalue weighted by atomic mass is 9.69. The van der Waals surface area contributed by atoms with Gasteiger partial charge in [0, 0.05) is 6.04 Å². The molecule has 2 aromatic heterocycles. The van der Waals surface area contributed by atoms with E-state index in [1.807, 2.05) is 34.9 Å². The number of amides is 1. The summed E-state index contributed by atoms with van der Waals surface area (Å²) in [5.74, 6) is 2.43. The van der Waals surface area contributed by atoms with E-state index in [0.29, 0.717) is 29.8 Å². The molecule has 7 heteroatoms. The molecule has 2 saturated carbocycles. The summed E-state index contributed by atoms with van der Waals surface area (Å²) in [6.45, 7) is 7.70. The molecule has 2 aliphatic rings. The van der Waals surface area contributed by atoms with Crippen LogP contribution in [0.3, 0.4) is 0 Å². The van der Waals surface area contributed by atoms with E-state index >= 15 is 0 Å². The highest BCUT2D eigenvalue weighted by Gasteiger charge is 2.61. The van der Waals surface area contributed by atoms with E-state index in [1.54, 1.807) is 6.26 Å². The van der Waals surface area contributed by atoms with E-state index in [0.717, 1.165) is 17.1 Å². The highest BCUT2D eigenvalue weighted by molar-refractivity contribution is 7.99. The van der Waals surface area contributed by atoms with Crippen molar-refractivity contribution in [2.24, 2.45) is 16.7 Å². The number of benzene rings is 1. The lowest BCUT2D eigenvalue weighted by Gasteiger charge is -2.39. The zero-order valence-corrected chi connectivity index (χ0v) is 19.7. The molecule has 0 aliphatic heterocycles. The highest BCUT2D eigenvalue weighted by atomic mass is 32.2. The van der Waals surface area contributed by atoms with Gasteiger partial charge < -0.3 is 9.73 Å². The number of aromatic nitrogens is 3. The van der Waals surface area contributed by atoms with Gasteiger partial charge in [0.15, 0.2) is 10.9 Å². The maximum absolute atomic E-state index is 12.9. The van der Waals surface area contributed by atoms with Crippen LogP contribution in [0.4, 0.5) is 0 Å². The lowest BCUT2D eigenvalue weighted by molar-refractivity contribution is -0.120. The van der Waals surface area contributed by atoms with Crippen LogP contribution in [0.5, 0.6) is 0 Å². The first-order chi connectivity index (χ1) is 15.4. The van der Waals surface area contributed by atoms with Crippen molar-refractivity contribution in [3.05, 3.63) is 54.3 Å². The van der Waals surface area contributed by atoms with Gasteiger partial charge in [-0.25, -0.2) is 0 Å². The van der Waals surface area contributed by atoms with Gasteiger partial charge >= 0.3 is 0 Å². The van der Waals surface area contributed by atoms with E-state index in [9.17, 15) is 4.79 Å². The number of nitrogens with one attached hydrogen (secondary N) is 1. The fourth-order valence-electron chi connectivity index (χ4n) is 5.68. The Hall–Kier alpha value is -2.54. The Labute approximate surface area is 193 Å². The van der Waals surface area contributed by atoms with E-state index < -0.39 is 0 Å². The summed E-state index contributed by atoms with van der Waals surface area (Å²) in [5.41, 5.74) is 1.60. The van der Waals surface area contributed by atoms with Crippen molar-refractivity contribution < 1.29 is 9.21 Å². The summed E-state index contributed by atoms with van der Waals surface area (Å²) >= 11 is 1.43. The Morgan fingerprint density at radius 3 is 2.66 bits per heavy atom. The Morgan fingerprint density at radius 1 is 1.19 bits per heavy atom. The quantitative estimate of drug-likeness (QED) is 0.512. The molecule has 3 unspecified atom stereocenters. The fourth-order valence-corrected chi connectivity index (χ4v) is 6.43. The number of carbonyl (C=O) groups is 1. The van der Waals surface area contributed by atoms with Crippen LogP contribution in [0.25, 0.3) is 11.6 Å². The number of hydrogen-bond donors (Lipinski definition) is 1. The van der Waals surface area contributed by atoms with Gasteiger partial charge in [0.05, 0.1) is 18.6 Å². The molecule has 0 radical (unpaired) electrons. The van der Waals surface area contributed by atoms with E-state index in [1.165, 1.54) is 24.6 Å². The zero-order valence-electron chi connectivity index (χ0n) is 18.9. The SMILES string of the molecule is CC1(C)C2CCC1(C)C(NC(=O)CSc1nnc(-c3ccco3)n1Cc1ccccc1)C2. The highest BCUT2D eigenvalue weighted by Crippen LogP contribution is 2.65. The molecular formula is C25H30N4O2S. The van der Waals surface area contributed by atoms with Crippen LogP contribution in [0.2, 0.25) is 0 Å². The van der Waals surface area contributed by atoms with Gasteiger partial charge in [-0.05, 0) is 53.7 Å². The zero-order chi connectivity index (χ0) is 22.3.